The molecule has 5 nitrogen and oxygen atoms in total. The largest absolute Gasteiger partial charge is 0.462 e. The molecule has 3 aliphatic rings. The molecule has 1 N–H and O–H groups in total. The van der Waals surface area contributed by atoms with Crippen molar-refractivity contribution in [3.05, 3.63) is 76.9 Å². The Hall–Kier alpha value is -2.63. The van der Waals surface area contributed by atoms with E-state index in [0.29, 0.717) is 23.6 Å². The van der Waals surface area contributed by atoms with Crippen molar-refractivity contribution in [3.8, 4) is 0 Å². The lowest BCUT2D eigenvalue weighted by molar-refractivity contribution is -0.168. The van der Waals surface area contributed by atoms with Gasteiger partial charge in [-0.05, 0) is 66.9 Å². The minimum absolute atomic E-state index is 0.0563. The molecule has 0 amide bonds. The smallest absolute Gasteiger partial charge is 0.338 e. The second kappa shape index (κ2) is 10.2. The summed E-state index contributed by atoms with van der Waals surface area (Å²) in [6, 6.07) is 7.22. The summed E-state index contributed by atoms with van der Waals surface area (Å²) in [5.74, 6) is -0.575. The maximum atomic E-state index is 12.5. The molecule has 1 unspecified atom stereocenters. The Bertz CT molecular complexity index is 1100. The Kier molecular flexibility index (Phi) is 7.39. The standard InChI is InChI=1S/C29H33ClO5/c1-19-7-11-24-28(2,23(19)10-9-21-14-16-34-27(21)33)15-13-25(31)29(24,3)18-35-26(32)12-8-20-5-4-6-22(30)17-20/h4-6,8-10,12,14,17,23-25,31H,1,7,11,13,15-16,18H2,2-3H3/b10-9+,12-8+/t23-,24?,25-,28+,29+/m1/s1. The molecular weight excluding hydrogens is 464 g/mol. The van der Waals surface area contributed by atoms with E-state index in [1.165, 1.54) is 6.08 Å². The molecule has 186 valence electrons. The van der Waals surface area contributed by atoms with Crippen LogP contribution in [0, 0.1) is 22.7 Å². The van der Waals surface area contributed by atoms with E-state index in [-0.39, 0.29) is 29.8 Å². The van der Waals surface area contributed by atoms with Gasteiger partial charge in [0.1, 0.15) is 6.61 Å². The van der Waals surface area contributed by atoms with Crippen molar-refractivity contribution in [3.63, 3.8) is 0 Å². The number of hydrogen-bond acceptors (Lipinski definition) is 5. The highest BCUT2D eigenvalue weighted by molar-refractivity contribution is 6.30. The van der Waals surface area contributed by atoms with E-state index < -0.39 is 17.5 Å². The number of benzene rings is 1. The highest BCUT2D eigenvalue weighted by atomic mass is 35.5. The van der Waals surface area contributed by atoms with Crippen LogP contribution < -0.4 is 0 Å². The van der Waals surface area contributed by atoms with E-state index in [9.17, 15) is 14.7 Å². The van der Waals surface area contributed by atoms with Crippen LogP contribution in [-0.2, 0) is 19.1 Å². The fraction of sp³-hybridized carbons (Fsp3) is 0.448. The Morgan fingerprint density at radius 1 is 1.31 bits per heavy atom. The molecule has 0 spiro atoms. The number of hydrogen-bond donors (Lipinski definition) is 1. The second-order valence-corrected chi connectivity index (χ2v) is 10.8. The normalized spacial score (nSPS) is 33.0. The molecule has 1 aliphatic heterocycles. The van der Waals surface area contributed by atoms with Gasteiger partial charge in [0.05, 0.1) is 18.3 Å². The Morgan fingerprint density at radius 2 is 2.11 bits per heavy atom. The molecule has 4 rings (SSSR count). The summed E-state index contributed by atoms with van der Waals surface area (Å²) < 4.78 is 10.7. The van der Waals surface area contributed by atoms with Crippen LogP contribution in [0.25, 0.3) is 6.08 Å². The minimum atomic E-state index is -0.592. The number of carbonyl (C=O) groups excluding carboxylic acids is 2. The zero-order valence-corrected chi connectivity index (χ0v) is 21.1. The van der Waals surface area contributed by atoms with E-state index in [0.717, 1.165) is 30.4 Å². The topological polar surface area (TPSA) is 72.8 Å². The van der Waals surface area contributed by atoms with E-state index in [1.807, 2.05) is 25.1 Å². The number of esters is 2. The summed E-state index contributed by atoms with van der Waals surface area (Å²) in [6.07, 6.45) is 11.3. The lowest BCUT2D eigenvalue weighted by Gasteiger charge is -2.59. The summed E-state index contributed by atoms with van der Waals surface area (Å²) in [5.41, 5.74) is 1.75. The summed E-state index contributed by atoms with van der Waals surface area (Å²) in [7, 11) is 0. The van der Waals surface area contributed by atoms with Crippen LogP contribution in [0.2, 0.25) is 5.02 Å². The van der Waals surface area contributed by atoms with Gasteiger partial charge in [0, 0.05) is 22.4 Å². The van der Waals surface area contributed by atoms with Crippen molar-refractivity contribution in [2.75, 3.05) is 13.2 Å². The monoisotopic (exact) mass is 496 g/mol. The molecule has 2 fully saturated rings. The molecule has 35 heavy (non-hydrogen) atoms. The Morgan fingerprint density at radius 3 is 2.83 bits per heavy atom. The van der Waals surface area contributed by atoms with E-state index >= 15 is 0 Å². The highest BCUT2D eigenvalue weighted by Crippen LogP contribution is 2.61. The van der Waals surface area contributed by atoms with Gasteiger partial charge in [-0.2, -0.15) is 0 Å². The van der Waals surface area contributed by atoms with Crippen molar-refractivity contribution >= 4 is 29.6 Å². The number of ether oxygens (including phenoxy) is 2. The molecule has 2 aliphatic carbocycles. The van der Waals surface area contributed by atoms with Crippen LogP contribution in [0.1, 0.15) is 45.1 Å². The molecular formula is C29H33ClO5. The number of carbonyl (C=O) groups is 2. The minimum Gasteiger partial charge on any atom is -0.462 e. The van der Waals surface area contributed by atoms with Crippen molar-refractivity contribution in [2.24, 2.45) is 22.7 Å². The van der Waals surface area contributed by atoms with Gasteiger partial charge in [0.15, 0.2) is 0 Å². The van der Waals surface area contributed by atoms with Crippen LogP contribution in [0.15, 0.2) is 66.3 Å². The van der Waals surface area contributed by atoms with Crippen molar-refractivity contribution < 1.29 is 24.2 Å². The van der Waals surface area contributed by atoms with E-state index in [4.69, 9.17) is 21.1 Å². The summed E-state index contributed by atoms with van der Waals surface area (Å²) in [4.78, 5) is 24.4. The van der Waals surface area contributed by atoms with Gasteiger partial charge in [0.25, 0.3) is 0 Å². The molecule has 1 aromatic carbocycles. The fourth-order valence-corrected chi connectivity index (χ4v) is 6.43. The van der Waals surface area contributed by atoms with Gasteiger partial charge in [-0.25, -0.2) is 9.59 Å². The van der Waals surface area contributed by atoms with Crippen LogP contribution in [0.4, 0.5) is 0 Å². The quantitative estimate of drug-likeness (QED) is 0.311. The van der Waals surface area contributed by atoms with E-state index in [2.05, 4.69) is 19.6 Å². The molecule has 1 aromatic rings. The third kappa shape index (κ3) is 5.17. The number of halogens is 1. The SMILES string of the molecule is C=C1CCC2[C@](C)(COC(=O)/C=C/c3cccc(Cl)c3)[C@H](O)CC[C@@]2(C)[C@@H]1/C=C/C1=CCOC1=O. The lowest BCUT2D eigenvalue weighted by Crippen LogP contribution is -2.57. The first-order chi connectivity index (χ1) is 16.6. The number of cyclic esters (lactones) is 1. The van der Waals surface area contributed by atoms with Crippen molar-refractivity contribution in [1.29, 1.82) is 0 Å². The molecule has 5 atom stereocenters. The third-order valence-corrected chi connectivity index (χ3v) is 8.46. The number of allylic oxidation sites excluding steroid dienone is 2. The summed E-state index contributed by atoms with van der Waals surface area (Å²) >= 11 is 6.01. The number of aliphatic hydroxyl groups is 1. The molecule has 6 heteroatoms. The van der Waals surface area contributed by atoms with Crippen molar-refractivity contribution in [2.45, 2.75) is 45.6 Å². The first kappa shape index (κ1) is 25.5. The van der Waals surface area contributed by atoms with Gasteiger partial charge in [-0.1, -0.05) is 61.9 Å². The van der Waals surface area contributed by atoms with Crippen LogP contribution in [0.5, 0.6) is 0 Å². The number of fused-ring (bicyclic) bond motifs is 1. The first-order valence-corrected chi connectivity index (χ1v) is 12.5. The van der Waals surface area contributed by atoms with Crippen LogP contribution in [0.3, 0.4) is 0 Å². The van der Waals surface area contributed by atoms with Gasteiger partial charge < -0.3 is 14.6 Å². The lowest BCUT2D eigenvalue weighted by atomic mass is 9.46. The van der Waals surface area contributed by atoms with Gasteiger partial charge in [-0.3, -0.25) is 0 Å². The van der Waals surface area contributed by atoms with Gasteiger partial charge in [0.2, 0.25) is 0 Å². The van der Waals surface area contributed by atoms with Crippen LogP contribution >= 0.6 is 11.6 Å². The predicted molar refractivity (Wildman–Crippen MR) is 136 cm³/mol. The highest BCUT2D eigenvalue weighted by Gasteiger charge is 2.57. The Labute approximate surface area is 212 Å². The number of rotatable bonds is 6. The van der Waals surface area contributed by atoms with Crippen LogP contribution in [-0.4, -0.2) is 36.4 Å². The first-order valence-electron chi connectivity index (χ1n) is 12.1. The van der Waals surface area contributed by atoms with Gasteiger partial charge >= 0.3 is 11.9 Å². The molecule has 0 aromatic heterocycles. The summed E-state index contributed by atoms with van der Waals surface area (Å²) in [6.45, 7) is 9.05. The Balaban J connectivity index is 1.50. The number of aliphatic hydroxyl groups excluding tert-OH is 1. The van der Waals surface area contributed by atoms with Gasteiger partial charge in [-0.15, -0.1) is 0 Å². The maximum Gasteiger partial charge on any atom is 0.338 e. The molecule has 1 heterocycles. The van der Waals surface area contributed by atoms with Crippen molar-refractivity contribution in [1.82, 2.24) is 0 Å². The molecule has 0 bridgehead atoms. The average Bonchev–Trinajstić information content (AvgIpc) is 3.23. The average molecular weight is 497 g/mol. The zero-order valence-electron chi connectivity index (χ0n) is 20.3. The summed E-state index contributed by atoms with van der Waals surface area (Å²) in [5, 5.41) is 11.7. The predicted octanol–water partition coefficient (Wildman–Crippen LogP) is 5.69. The third-order valence-electron chi connectivity index (χ3n) is 8.22. The van der Waals surface area contributed by atoms with E-state index in [1.54, 1.807) is 24.3 Å². The fourth-order valence-electron chi connectivity index (χ4n) is 6.23. The molecule has 0 radical (unpaired) electrons. The maximum absolute atomic E-state index is 12.5. The zero-order chi connectivity index (χ0) is 25.2. The molecule has 0 saturated heterocycles. The second-order valence-electron chi connectivity index (χ2n) is 10.4. The molecule has 2 saturated carbocycles.